The summed E-state index contributed by atoms with van der Waals surface area (Å²) < 4.78 is 5.23. The van der Waals surface area contributed by atoms with Crippen LogP contribution in [0.3, 0.4) is 0 Å². The van der Waals surface area contributed by atoms with E-state index in [-0.39, 0.29) is 11.8 Å². The highest BCUT2D eigenvalue weighted by Gasteiger charge is 2.31. The van der Waals surface area contributed by atoms with E-state index < -0.39 is 0 Å². The van der Waals surface area contributed by atoms with Crippen molar-refractivity contribution in [2.75, 3.05) is 12.4 Å². The number of hydrogen-bond donors (Lipinski definition) is 2. The molecule has 2 heterocycles. The van der Waals surface area contributed by atoms with Gasteiger partial charge in [0, 0.05) is 17.9 Å². The van der Waals surface area contributed by atoms with E-state index in [1.165, 1.54) is 0 Å². The van der Waals surface area contributed by atoms with Gasteiger partial charge in [0.15, 0.2) is 5.82 Å². The highest BCUT2D eigenvalue weighted by molar-refractivity contribution is 5.96. The number of rotatable bonds is 3. The number of carbonyl (C=O) groups excluding carboxylic acids is 1. The molecule has 1 aliphatic rings. The Bertz CT molecular complexity index is 869. The van der Waals surface area contributed by atoms with Crippen LogP contribution in [0.1, 0.15) is 23.5 Å². The first kappa shape index (κ1) is 14.5. The summed E-state index contributed by atoms with van der Waals surface area (Å²) in [5.41, 5.74) is 4.11. The van der Waals surface area contributed by atoms with Crippen molar-refractivity contribution in [3.8, 4) is 17.0 Å². The number of nitrogens with zero attached hydrogens (tertiary/aromatic N) is 1. The van der Waals surface area contributed by atoms with Gasteiger partial charge in [-0.05, 0) is 23.3 Å². The summed E-state index contributed by atoms with van der Waals surface area (Å²) >= 11 is 0. The number of amides is 1. The van der Waals surface area contributed by atoms with E-state index in [9.17, 15) is 4.79 Å². The van der Waals surface area contributed by atoms with Crippen molar-refractivity contribution in [3.05, 3.63) is 65.7 Å². The molecule has 0 saturated carbocycles. The molecule has 0 unspecified atom stereocenters. The van der Waals surface area contributed by atoms with Gasteiger partial charge >= 0.3 is 0 Å². The molecule has 1 atom stereocenters. The lowest BCUT2D eigenvalue weighted by Gasteiger charge is -2.23. The van der Waals surface area contributed by atoms with Crippen molar-refractivity contribution < 1.29 is 9.53 Å². The van der Waals surface area contributed by atoms with Crippen LogP contribution in [0, 0.1) is 0 Å². The molecule has 0 spiro atoms. The van der Waals surface area contributed by atoms with E-state index in [4.69, 9.17) is 4.74 Å². The van der Waals surface area contributed by atoms with Gasteiger partial charge in [-0.3, -0.25) is 9.89 Å². The molecular weight excluding hydrogens is 302 g/mol. The lowest BCUT2D eigenvalue weighted by Crippen LogP contribution is -2.23. The third-order valence-electron chi connectivity index (χ3n) is 4.38. The van der Waals surface area contributed by atoms with Gasteiger partial charge in [-0.25, -0.2) is 0 Å². The minimum atomic E-state index is -0.0337. The van der Waals surface area contributed by atoms with Crippen LogP contribution in [0.5, 0.6) is 5.75 Å². The van der Waals surface area contributed by atoms with Crippen molar-refractivity contribution in [2.45, 2.75) is 12.3 Å². The zero-order chi connectivity index (χ0) is 16.5. The maximum Gasteiger partial charge on any atom is 0.226 e. The van der Waals surface area contributed by atoms with E-state index in [1.54, 1.807) is 7.11 Å². The number of fused-ring (bicyclic) bond motifs is 1. The maximum absolute atomic E-state index is 12.1. The second-order valence-corrected chi connectivity index (χ2v) is 5.80. The quantitative estimate of drug-likeness (QED) is 0.775. The molecule has 0 radical (unpaired) electrons. The predicted octanol–water partition coefficient (Wildman–Crippen LogP) is 3.56. The van der Waals surface area contributed by atoms with Crippen LogP contribution < -0.4 is 10.1 Å². The Morgan fingerprint density at radius 3 is 2.54 bits per heavy atom. The number of methoxy groups -OCH3 is 1. The number of aromatic nitrogens is 2. The van der Waals surface area contributed by atoms with Gasteiger partial charge in [0.1, 0.15) is 5.75 Å². The fourth-order valence-electron chi connectivity index (χ4n) is 3.20. The van der Waals surface area contributed by atoms with Gasteiger partial charge in [0.05, 0.1) is 12.8 Å². The Hall–Kier alpha value is -3.08. The zero-order valence-corrected chi connectivity index (χ0v) is 13.2. The molecule has 120 valence electrons. The standard InChI is InChI=1S/C19H17N3O2/c1-24-14-9-7-12(8-10-14)15-11-16(23)20-19-17(15)18(21-22-19)13-5-3-2-4-6-13/h2-10,15H,11H2,1H3,(H2,20,21,22,23)/t15-/m1/s1. The molecule has 0 aliphatic carbocycles. The summed E-state index contributed by atoms with van der Waals surface area (Å²) in [4.78, 5) is 12.1. The molecule has 5 nitrogen and oxygen atoms in total. The molecular formula is C19H17N3O2. The average Bonchev–Trinajstić information content (AvgIpc) is 3.05. The minimum absolute atomic E-state index is 0.0190. The molecule has 24 heavy (non-hydrogen) atoms. The molecule has 1 amide bonds. The third-order valence-corrected chi connectivity index (χ3v) is 4.38. The minimum Gasteiger partial charge on any atom is -0.497 e. The van der Waals surface area contributed by atoms with E-state index in [1.807, 2.05) is 54.6 Å². The first-order chi connectivity index (χ1) is 11.8. The van der Waals surface area contributed by atoms with E-state index >= 15 is 0 Å². The molecule has 1 aliphatic heterocycles. The van der Waals surface area contributed by atoms with Gasteiger partial charge in [0.2, 0.25) is 5.91 Å². The number of ether oxygens (including phenoxy) is 1. The van der Waals surface area contributed by atoms with Crippen molar-refractivity contribution in [1.82, 2.24) is 10.2 Å². The second kappa shape index (κ2) is 5.85. The normalized spacial score (nSPS) is 16.4. The Balaban J connectivity index is 1.83. The number of hydrogen-bond acceptors (Lipinski definition) is 3. The van der Waals surface area contributed by atoms with E-state index in [2.05, 4.69) is 15.5 Å². The number of aromatic amines is 1. The van der Waals surface area contributed by atoms with Crippen molar-refractivity contribution >= 4 is 11.7 Å². The lowest BCUT2D eigenvalue weighted by atomic mass is 9.84. The Labute approximate surface area is 139 Å². The molecule has 2 N–H and O–H groups in total. The van der Waals surface area contributed by atoms with Crippen LogP contribution in [0.4, 0.5) is 5.82 Å². The van der Waals surface area contributed by atoms with Gasteiger partial charge in [0.25, 0.3) is 0 Å². The van der Waals surface area contributed by atoms with Crippen molar-refractivity contribution in [3.63, 3.8) is 0 Å². The van der Waals surface area contributed by atoms with Gasteiger partial charge in [-0.15, -0.1) is 0 Å². The van der Waals surface area contributed by atoms with E-state index in [0.717, 1.165) is 28.1 Å². The smallest absolute Gasteiger partial charge is 0.226 e. The topological polar surface area (TPSA) is 67.0 Å². The second-order valence-electron chi connectivity index (χ2n) is 5.80. The zero-order valence-electron chi connectivity index (χ0n) is 13.2. The fraction of sp³-hybridized carbons (Fsp3) is 0.158. The monoisotopic (exact) mass is 319 g/mol. The van der Waals surface area contributed by atoms with Crippen molar-refractivity contribution in [1.29, 1.82) is 0 Å². The van der Waals surface area contributed by atoms with Crippen LogP contribution in [-0.2, 0) is 4.79 Å². The first-order valence-corrected chi connectivity index (χ1v) is 7.83. The Morgan fingerprint density at radius 1 is 1.08 bits per heavy atom. The molecule has 4 rings (SSSR count). The number of anilines is 1. The highest BCUT2D eigenvalue weighted by Crippen LogP contribution is 2.41. The average molecular weight is 319 g/mol. The van der Waals surface area contributed by atoms with Crippen molar-refractivity contribution in [2.24, 2.45) is 0 Å². The van der Waals surface area contributed by atoms with E-state index in [0.29, 0.717) is 12.2 Å². The van der Waals surface area contributed by atoms with Gasteiger partial charge < -0.3 is 10.1 Å². The summed E-state index contributed by atoms with van der Waals surface area (Å²) in [5, 5.41) is 10.3. The highest BCUT2D eigenvalue weighted by atomic mass is 16.5. The lowest BCUT2D eigenvalue weighted by molar-refractivity contribution is -0.116. The Morgan fingerprint density at radius 2 is 1.83 bits per heavy atom. The molecule has 2 aromatic carbocycles. The molecule has 3 aromatic rings. The molecule has 5 heteroatoms. The fourth-order valence-corrected chi connectivity index (χ4v) is 3.20. The largest absolute Gasteiger partial charge is 0.497 e. The van der Waals surface area contributed by atoms with Crippen LogP contribution in [-0.4, -0.2) is 23.2 Å². The van der Waals surface area contributed by atoms with Gasteiger partial charge in [-0.2, -0.15) is 5.10 Å². The number of nitrogens with one attached hydrogen (secondary N) is 2. The molecule has 0 saturated heterocycles. The summed E-state index contributed by atoms with van der Waals surface area (Å²) in [6, 6.07) is 17.9. The maximum atomic E-state index is 12.1. The number of benzene rings is 2. The van der Waals surface area contributed by atoms with Crippen LogP contribution in [0.2, 0.25) is 0 Å². The third kappa shape index (κ3) is 2.44. The predicted molar refractivity (Wildman–Crippen MR) is 92.1 cm³/mol. The number of H-pyrrole nitrogens is 1. The summed E-state index contributed by atoms with van der Waals surface area (Å²) in [7, 11) is 1.64. The summed E-state index contributed by atoms with van der Waals surface area (Å²) in [6.45, 7) is 0. The molecule has 1 aromatic heterocycles. The van der Waals surface area contributed by atoms with Crippen LogP contribution in [0.25, 0.3) is 11.3 Å². The molecule has 0 bridgehead atoms. The first-order valence-electron chi connectivity index (χ1n) is 7.83. The summed E-state index contributed by atoms with van der Waals surface area (Å²) in [6.07, 6.45) is 0.401. The van der Waals surface area contributed by atoms with Gasteiger partial charge in [-0.1, -0.05) is 42.5 Å². The Kier molecular flexibility index (Phi) is 3.54. The summed E-state index contributed by atoms with van der Waals surface area (Å²) in [5.74, 6) is 1.36. The van der Waals surface area contributed by atoms with Crippen LogP contribution >= 0.6 is 0 Å². The van der Waals surface area contributed by atoms with Crippen LogP contribution in [0.15, 0.2) is 54.6 Å². The number of carbonyl (C=O) groups is 1. The molecule has 0 fully saturated rings. The SMILES string of the molecule is COc1ccc([C@H]2CC(=O)Nc3n[nH]c(-c4ccccc4)c32)cc1.